The molecule has 56 heavy (non-hydrogen) atoms. The van der Waals surface area contributed by atoms with E-state index in [9.17, 15) is 0 Å². The lowest BCUT2D eigenvalue weighted by atomic mass is 10.00. The highest BCUT2D eigenvalue weighted by Crippen LogP contribution is 2.42. The molecule has 0 saturated heterocycles. The molecule has 11 aromatic rings. The maximum absolute atomic E-state index is 6.86. The number of benzene rings is 7. The number of aromatic nitrogens is 3. The quantitative estimate of drug-likeness (QED) is 0.172. The van der Waals surface area contributed by atoms with Crippen LogP contribution in [0.3, 0.4) is 0 Å². The van der Waals surface area contributed by atoms with Crippen molar-refractivity contribution in [3.8, 4) is 62.2 Å². The van der Waals surface area contributed by atoms with Crippen LogP contribution in [0.4, 0.5) is 0 Å². The highest BCUT2D eigenvalue weighted by molar-refractivity contribution is 6.13. The lowest BCUT2D eigenvalue weighted by Gasteiger charge is -2.11. The van der Waals surface area contributed by atoms with E-state index in [2.05, 4.69) is 133 Å². The first-order chi connectivity index (χ1) is 27.7. The summed E-state index contributed by atoms with van der Waals surface area (Å²) in [6.07, 6.45) is 0. The molecule has 0 aliphatic carbocycles. The van der Waals surface area contributed by atoms with E-state index in [4.69, 9.17) is 18.8 Å². The van der Waals surface area contributed by atoms with Crippen LogP contribution in [0.15, 0.2) is 191 Å². The van der Waals surface area contributed by atoms with Gasteiger partial charge in [-0.2, -0.15) is 0 Å². The number of hydrogen-bond acceptors (Lipinski definition) is 4. The zero-order chi connectivity index (χ0) is 37.2. The third-order valence-electron chi connectivity index (χ3n) is 10.8. The van der Waals surface area contributed by atoms with E-state index in [1.807, 2.05) is 60.7 Å². The SMILES string of the molecule is Cc1cc(-n2c3ccccc3c3cc(-c4cccc(-c5nc(-c6ccccc6)cc(-c6ccccc6)n5)c4)ccc32)oc1-c1cccc2oc3ccccc3c12. The molecule has 0 bridgehead atoms. The van der Waals surface area contributed by atoms with E-state index in [1.54, 1.807) is 0 Å². The van der Waals surface area contributed by atoms with Gasteiger partial charge in [0, 0.05) is 49.9 Å². The van der Waals surface area contributed by atoms with Crippen molar-refractivity contribution in [2.45, 2.75) is 6.92 Å². The molecular formula is C51H33N3O2. The summed E-state index contributed by atoms with van der Waals surface area (Å²) in [6, 6.07) is 63.0. The zero-order valence-corrected chi connectivity index (χ0v) is 30.5. The minimum absolute atomic E-state index is 0.688. The molecule has 0 amide bonds. The van der Waals surface area contributed by atoms with Crippen LogP contribution >= 0.6 is 0 Å². The summed E-state index contributed by atoms with van der Waals surface area (Å²) in [5.74, 6) is 2.30. The van der Waals surface area contributed by atoms with Crippen molar-refractivity contribution in [2.75, 3.05) is 0 Å². The van der Waals surface area contributed by atoms with Gasteiger partial charge in [0.15, 0.2) is 5.82 Å². The van der Waals surface area contributed by atoms with Gasteiger partial charge < -0.3 is 8.83 Å². The Morgan fingerprint density at radius 2 is 1.04 bits per heavy atom. The van der Waals surface area contributed by atoms with Crippen LogP contribution in [0.5, 0.6) is 0 Å². The number of furan rings is 2. The van der Waals surface area contributed by atoms with Crippen LogP contribution in [0.25, 0.3) is 106 Å². The summed E-state index contributed by atoms with van der Waals surface area (Å²) in [7, 11) is 0. The van der Waals surface area contributed by atoms with E-state index in [1.165, 1.54) is 0 Å². The molecule has 0 N–H and O–H groups in total. The lowest BCUT2D eigenvalue weighted by molar-refractivity contribution is 0.559. The fourth-order valence-electron chi connectivity index (χ4n) is 8.12. The normalized spacial score (nSPS) is 11.7. The Hall–Kier alpha value is -7.50. The Labute approximate surface area is 322 Å². The van der Waals surface area contributed by atoms with Gasteiger partial charge in [-0.25, -0.2) is 9.97 Å². The Balaban J connectivity index is 1.03. The molecular weight excluding hydrogens is 687 g/mol. The summed E-state index contributed by atoms with van der Waals surface area (Å²) in [5.41, 5.74) is 13.0. The molecule has 0 radical (unpaired) electrons. The van der Waals surface area contributed by atoms with Crippen molar-refractivity contribution in [1.82, 2.24) is 14.5 Å². The van der Waals surface area contributed by atoms with Gasteiger partial charge in [0.1, 0.15) is 16.9 Å². The van der Waals surface area contributed by atoms with Crippen LogP contribution in [0, 0.1) is 6.92 Å². The monoisotopic (exact) mass is 719 g/mol. The topological polar surface area (TPSA) is 57.0 Å². The second-order valence-corrected chi connectivity index (χ2v) is 14.2. The minimum atomic E-state index is 0.688. The summed E-state index contributed by atoms with van der Waals surface area (Å²) in [6.45, 7) is 2.12. The van der Waals surface area contributed by atoms with Gasteiger partial charge in [0.05, 0.1) is 22.4 Å². The highest BCUT2D eigenvalue weighted by Gasteiger charge is 2.21. The van der Waals surface area contributed by atoms with Crippen LogP contribution in [0.2, 0.25) is 0 Å². The molecule has 5 nitrogen and oxygen atoms in total. The van der Waals surface area contributed by atoms with Gasteiger partial charge in [-0.15, -0.1) is 0 Å². The molecule has 4 aromatic heterocycles. The fraction of sp³-hybridized carbons (Fsp3) is 0.0196. The molecule has 0 saturated carbocycles. The van der Waals surface area contributed by atoms with E-state index < -0.39 is 0 Å². The maximum Gasteiger partial charge on any atom is 0.205 e. The van der Waals surface area contributed by atoms with Gasteiger partial charge >= 0.3 is 0 Å². The summed E-state index contributed by atoms with van der Waals surface area (Å²) < 4.78 is 15.3. The molecule has 0 atom stereocenters. The number of para-hydroxylation sites is 2. The third kappa shape index (κ3) is 5.24. The molecule has 0 spiro atoms. The minimum Gasteiger partial charge on any atom is -0.456 e. The summed E-state index contributed by atoms with van der Waals surface area (Å²) in [5, 5.41) is 4.45. The standard InChI is InChI=1S/C51H33N3O2/c1-32-28-48(56-50(32)40-22-13-25-47-49(40)39-21-9-11-24-46(39)55-47)54-44-23-10-8-20-38(44)41-30-36(26-27-45(41)54)35-18-12-19-37(29-35)51-52-42(33-14-4-2-5-15-33)31-43(53-51)34-16-6-3-7-17-34/h2-31H,1H3. The average molecular weight is 720 g/mol. The van der Waals surface area contributed by atoms with E-state index in [0.717, 1.165) is 106 Å². The van der Waals surface area contributed by atoms with Gasteiger partial charge in [-0.1, -0.05) is 133 Å². The van der Waals surface area contributed by atoms with E-state index in [0.29, 0.717) is 5.82 Å². The lowest BCUT2D eigenvalue weighted by Crippen LogP contribution is -1.96. The van der Waals surface area contributed by atoms with Gasteiger partial charge in [0.2, 0.25) is 5.88 Å². The first kappa shape index (κ1) is 32.0. The molecule has 5 heteroatoms. The van der Waals surface area contributed by atoms with Crippen molar-refractivity contribution in [3.05, 3.63) is 188 Å². The summed E-state index contributed by atoms with van der Waals surface area (Å²) in [4.78, 5) is 10.2. The van der Waals surface area contributed by atoms with Crippen molar-refractivity contribution in [2.24, 2.45) is 0 Å². The van der Waals surface area contributed by atoms with Crippen molar-refractivity contribution >= 4 is 43.7 Å². The zero-order valence-electron chi connectivity index (χ0n) is 30.5. The molecule has 0 unspecified atom stereocenters. The molecule has 4 heterocycles. The van der Waals surface area contributed by atoms with Crippen LogP contribution in [0.1, 0.15) is 5.56 Å². The van der Waals surface area contributed by atoms with Crippen molar-refractivity contribution in [1.29, 1.82) is 0 Å². The van der Waals surface area contributed by atoms with Crippen LogP contribution < -0.4 is 0 Å². The second kappa shape index (κ2) is 12.8. The average Bonchev–Trinajstić information content (AvgIpc) is 3.95. The molecule has 0 fully saturated rings. The largest absolute Gasteiger partial charge is 0.456 e. The molecule has 0 aliphatic rings. The number of aryl methyl sites for hydroxylation is 1. The number of fused-ring (bicyclic) bond motifs is 6. The third-order valence-corrected chi connectivity index (χ3v) is 10.8. The van der Waals surface area contributed by atoms with Gasteiger partial charge in [-0.05, 0) is 66.1 Å². The number of hydrogen-bond donors (Lipinski definition) is 0. The Morgan fingerprint density at radius 3 is 1.82 bits per heavy atom. The maximum atomic E-state index is 6.86. The second-order valence-electron chi connectivity index (χ2n) is 14.2. The van der Waals surface area contributed by atoms with Crippen molar-refractivity contribution < 1.29 is 8.83 Å². The fourth-order valence-corrected chi connectivity index (χ4v) is 8.12. The van der Waals surface area contributed by atoms with E-state index in [-0.39, 0.29) is 0 Å². The molecule has 264 valence electrons. The van der Waals surface area contributed by atoms with Crippen LogP contribution in [-0.4, -0.2) is 14.5 Å². The first-order valence-corrected chi connectivity index (χ1v) is 18.8. The molecule has 0 aliphatic heterocycles. The molecule has 7 aromatic carbocycles. The predicted molar refractivity (Wildman–Crippen MR) is 228 cm³/mol. The van der Waals surface area contributed by atoms with Crippen LogP contribution in [-0.2, 0) is 0 Å². The van der Waals surface area contributed by atoms with Crippen molar-refractivity contribution in [3.63, 3.8) is 0 Å². The number of nitrogens with zero attached hydrogens (tertiary/aromatic N) is 3. The molecule has 11 rings (SSSR count). The number of rotatable bonds is 6. The van der Waals surface area contributed by atoms with Gasteiger partial charge in [-0.3, -0.25) is 4.57 Å². The summed E-state index contributed by atoms with van der Waals surface area (Å²) >= 11 is 0. The predicted octanol–water partition coefficient (Wildman–Crippen LogP) is 13.7. The van der Waals surface area contributed by atoms with E-state index >= 15 is 0 Å². The smallest absolute Gasteiger partial charge is 0.205 e. The Kier molecular flexibility index (Phi) is 7.32. The Morgan fingerprint density at radius 1 is 0.429 bits per heavy atom. The Bertz CT molecular complexity index is 3200. The highest BCUT2D eigenvalue weighted by atomic mass is 16.4. The first-order valence-electron chi connectivity index (χ1n) is 18.8. The van der Waals surface area contributed by atoms with Gasteiger partial charge in [0.25, 0.3) is 0 Å².